The van der Waals surface area contributed by atoms with Gasteiger partial charge in [-0.05, 0) is 32.4 Å². The molecule has 0 bridgehead atoms. The average Bonchev–Trinajstić information content (AvgIpc) is 2.21. The second kappa shape index (κ2) is 5.80. The summed E-state index contributed by atoms with van der Waals surface area (Å²) in [4.78, 5) is 0. The zero-order valence-electron chi connectivity index (χ0n) is 10.0. The molecule has 1 unspecified atom stereocenters. The van der Waals surface area contributed by atoms with E-state index in [0.29, 0.717) is 13.0 Å². The number of aliphatic hydroxyl groups excluding tert-OH is 1. The van der Waals surface area contributed by atoms with Crippen LogP contribution < -0.4 is 0 Å². The van der Waals surface area contributed by atoms with Crippen LogP contribution in [0.4, 0.5) is 0 Å². The molecule has 0 aliphatic rings. The van der Waals surface area contributed by atoms with E-state index in [1.807, 2.05) is 45.0 Å². The molecule has 90 valence electrons. The highest BCUT2D eigenvalue weighted by molar-refractivity contribution is 9.10. The SMILES string of the molecule is CCOC(C)(C)C(O)Cc1ccccc1Br. The lowest BCUT2D eigenvalue weighted by molar-refractivity contribution is -0.0955. The molecule has 1 N–H and O–H groups in total. The third-order valence-electron chi connectivity index (χ3n) is 2.69. The Bertz CT molecular complexity index is 336. The number of benzene rings is 1. The van der Waals surface area contributed by atoms with Crippen molar-refractivity contribution in [2.75, 3.05) is 6.61 Å². The molecule has 0 spiro atoms. The Kier molecular flexibility index (Phi) is 4.96. The van der Waals surface area contributed by atoms with E-state index in [1.165, 1.54) is 0 Å². The van der Waals surface area contributed by atoms with Crippen LogP contribution in [-0.2, 0) is 11.2 Å². The topological polar surface area (TPSA) is 29.5 Å². The van der Waals surface area contributed by atoms with Crippen LogP contribution in [0.1, 0.15) is 26.3 Å². The van der Waals surface area contributed by atoms with E-state index in [1.54, 1.807) is 0 Å². The van der Waals surface area contributed by atoms with Gasteiger partial charge in [0.2, 0.25) is 0 Å². The molecule has 0 aliphatic carbocycles. The van der Waals surface area contributed by atoms with Crippen molar-refractivity contribution in [1.82, 2.24) is 0 Å². The summed E-state index contributed by atoms with van der Waals surface area (Å²) >= 11 is 3.48. The first-order valence-electron chi connectivity index (χ1n) is 5.52. The van der Waals surface area contributed by atoms with Gasteiger partial charge in [-0.1, -0.05) is 34.1 Å². The van der Waals surface area contributed by atoms with Crippen molar-refractivity contribution in [1.29, 1.82) is 0 Å². The van der Waals surface area contributed by atoms with Gasteiger partial charge in [-0.2, -0.15) is 0 Å². The van der Waals surface area contributed by atoms with E-state index in [2.05, 4.69) is 15.9 Å². The molecule has 2 nitrogen and oxygen atoms in total. The number of ether oxygens (including phenoxy) is 1. The molecule has 0 saturated carbocycles. The Morgan fingerprint density at radius 2 is 2.00 bits per heavy atom. The zero-order chi connectivity index (χ0) is 12.2. The molecule has 0 radical (unpaired) electrons. The lowest BCUT2D eigenvalue weighted by Crippen LogP contribution is -2.40. The smallest absolute Gasteiger partial charge is 0.0887 e. The Morgan fingerprint density at radius 1 is 1.38 bits per heavy atom. The van der Waals surface area contributed by atoms with Crippen molar-refractivity contribution in [3.05, 3.63) is 34.3 Å². The molecule has 3 heteroatoms. The predicted octanol–water partition coefficient (Wildman–Crippen LogP) is 3.17. The Labute approximate surface area is 106 Å². The van der Waals surface area contributed by atoms with Crippen molar-refractivity contribution in [3.63, 3.8) is 0 Å². The molecule has 0 aliphatic heterocycles. The summed E-state index contributed by atoms with van der Waals surface area (Å²) in [5.41, 5.74) is 0.590. The molecule has 0 saturated heterocycles. The predicted molar refractivity (Wildman–Crippen MR) is 69.6 cm³/mol. The standard InChI is InChI=1S/C13H19BrO2/c1-4-16-13(2,3)12(15)9-10-7-5-6-8-11(10)14/h5-8,12,15H,4,9H2,1-3H3. The number of aliphatic hydroxyl groups is 1. The molecular weight excluding hydrogens is 268 g/mol. The minimum absolute atomic E-state index is 0.508. The minimum atomic E-state index is -0.510. The fourth-order valence-electron chi connectivity index (χ4n) is 1.59. The number of hydrogen-bond donors (Lipinski definition) is 1. The minimum Gasteiger partial charge on any atom is -0.390 e. The quantitative estimate of drug-likeness (QED) is 0.901. The lowest BCUT2D eigenvalue weighted by atomic mass is 9.95. The monoisotopic (exact) mass is 286 g/mol. The van der Waals surface area contributed by atoms with Crippen LogP contribution in [-0.4, -0.2) is 23.4 Å². The molecule has 0 aromatic heterocycles. The maximum absolute atomic E-state index is 10.1. The summed E-state index contributed by atoms with van der Waals surface area (Å²) in [6.45, 7) is 6.38. The van der Waals surface area contributed by atoms with Gasteiger partial charge in [0.1, 0.15) is 0 Å². The van der Waals surface area contributed by atoms with Gasteiger partial charge in [0.15, 0.2) is 0 Å². The normalized spacial score (nSPS) is 13.8. The maximum Gasteiger partial charge on any atom is 0.0887 e. The van der Waals surface area contributed by atoms with Crippen LogP contribution in [0.2, 0.25) is 0 Å². The fourth-order valence-corrected chi connectivity index (χ4v) is 2.03. The summed E-state index contributed by atoms with van der Waals surface area (Å²) < 4.78 is 6.57. The molecule has 1 aromatic rings. The number of rotatable bonds is 5. The van der Waals surface area contributed by atoms with Gasteiger partial charge in [0.05, 0.1) is 11.7 Å². The van der Waals surface area contributed by atoms with Gasteiger partial charge in [0.25, 0.3) is 0 Å². The van der Waals surface area contributed by atoms with Crippen LogP contribution in [0, 0.1) is 0 Å². The van der Waals surface area contributed by atoms with Crippen LogP contribution >= 0.6 is 15.9 Å². The molecule has 1 atom stereocenters. The first kappa shape index (κ1) is 13.7. The fraction of sp³-hybridized carbons (Fsp3) is 0.538. The summed E-state index contributed by atoms with van der Waals surface area (Å²) in [5.74, 6) is 0. The van der Waals surface area contributed by atoms with Crippen molar-refractivity contribution in [3.8, 4) is 0 Å². The van der Waals surface area contributed by atoms with Crippen LogP contribution in [0.3, 0.4) is 0 Å². The van der Waals surface area contributed by atoms with Crippen molar-refractivity contribution in [2.24, 2.45) is 0 Å². The Balaban J connectivity index is 2.71. The van der Waals surface area contributed by atoms with E-state index >= 15 is 0 Å². The third-order valence-corrected chi connectivity index (χ3v) is 3.46. The molecule has 0 heterocycles. The molecule has 1 aromatic carbocycles. The van der Waals surface area contributed by atoms with Crippen molar-refractivity contribution >= 4 is 15.9 Å². The second-order valence-corrected chi connectivity index (χ2v) is 5.20. The molecule has 16 heavy (non-hydrogen) atoms. The zero-order valence-corrected chi connectivity index (χ0v) is 11.6. The van der Waals surface area contributed by atoms with Gasteiger partial charge >= 0.3 is 0 Å². The van der Waals surface area contributed by atoms with Gasteiger partial charge in [-0.15, -0.1) is 0 Å². The van der Waals surface area contributed by atoms with Gasteiger partial charge in [-0.25, -0.2) is 0 Å². The van der Waals surface area contributed by atoms with E-state index in [4.69, 9.17) is 4.74 Å². The van der Waals surface area contributed by atoms with E-state index in [-0.39, 0.29) is 0 Å². The van der Waals surface area contributed by atoms with Crippen molar-refractivity contribution < 1.29 is 9.84 Å². The number of halogens is 1. The highest BCUT2D eigenvalue weighted by Gasteiger charge is 2.28. The maximum atomic E-state index is 10.1. The molecule has 0 amide bonds. The molecular formula is C13H19BrO2. The van der Waals surface area contributed by atoms with Crippen LogP contribution in [0.25, 0.3) is 0 Å². The highest BCUT2D eigenvalue weighted by Crippen LogP contribution is 2.23. The van der Waals surface area contributed by atoms with Gasteiger partial charge in [0, 0.05) is 17.5 Å². The van der Waals surface area contributed by atoms with E-state index < -0.39 is 11.7 Å². The first-order chi connectivity index (χ1) is 7.47. The highest BCUT2D eigenvalue weighted by atomic mass is 79.9. The Hall–Kier alpha value is -0.380. The van der Waals surface area contributed by atoms with Crippen LogP contribution in [0.5, 0.6) is 0 Å². The molecule has 0 fully saturated rings. The Morgan fingerprint density at radius 3 is 2.56 bits per heavy atom. The second-order valence-electron chi connectivity index (χ2n) is 4.35. The largest absolute Gasteiger partial charge is 0.390 e. The molecule has 1 rings (SSSR count). The van der Waals surface area contributed by atoms with Gasteiger partial charge < -0.3 is 9.84 Å². The van der Waals surface area contributed by atoms with E-state index in [0.717, 1.165) is 10.0 Å². The average molecular weight is 287 g/mol. The summed E-state index contributed by atoms with van der Waals surface area (Å²) in [7, 11) is 0. The summed E-state index contributed by atoms with van der Waals surface area (Å²) in [6.07, 6.45) is 0.0835. The summed E-state index contributed by atoms with van der Waals surface area (Å²) in [6, 6.07) is 7.93. The van der Waals surface area contributed by atoms with E-state index in [9.17, 15) is 5.11 Å². The lowest BCUT2D eigenvalue weighted by Gasteiger charge is -2.30. The summed E-state index contributed by atoms with van der Waals surface area (Å²) in [5, 5.41) is 10.1. The van der Waals surface area contributed by atoms with Crippen LogP contribution in [0.15, 0.2) is 28.7 Å². The van der Waals surface area contributed by atoms with Gasteiger partial charge in [-0.3, -0.25) is 0 Å². The third kappa shape index (κ3) is 3.58. The number of hydrogen-bond acceptors (Lipinski definition) is 2. The first-order valence-corrected chi connectivity index (χ1v) is 6.32. The van der Waals surface area contributed by atoms with Crippen molar-refractivity contribution in [2.45, 2.75) is 38.9 Å².